The Morgan fingerprint density at radius 2 is 1.21 bits per heavy atom. The molecular formula is C6H6N6O2. The van der Waals surface area contributed by atoms with E-state index in [-0.39, 0.29) is 22.7 Å². The first-order valence-corrected chi connectivity index (χ1v) is 3.63. The number of aromatic nitrogens is 4. The van der Waals surface area contributed by atoms with Gasteiger partial charge in [0.2, 0.25) is 0 Å². The fraction of sp³-hybridized carbons (Fsp3) is 0. The Balaban J connectivity index is 3.09. The van der Waals surface area contributed by atoms with Crippen molar-refractivity contribution in [2.45, 2.75) is 0 Å². The van der Waals surface area contributed by atoms with Gasteiger partial charge in [-0.3, -0.25) is 0 Å². The molecule has 0 unspecified atom stereocenters. The average Bonchev–Trinajstić information content (AvgIpc) is 2.07. The zero-order valence-corrected chi connectivity index (χ0v) is 6.87. The van der Waals surface area contributed by atoms with E-state index in [2.05, 4.69) is 19.9 Å². The molecule has 6 N–H and O–H groups in total. The molecule has 0 bridgehead atoms. The van der Waals surface area contributed by atoms with Crippen LogP contribution < -0.4 is 22.8 Å². The van der Waals surface area contributed by atoms with Crippen LogP contribution in [0.2, 0.25) is 0 Å². The van der Waals surface area contributed by atoms with Crippen molar-refractivity contribution in [3.63, 3.8) is 0 Å². The van der Waals surface area contributed by atoms with E-state index in [1.807, 2.05) is 0 Å². The fourth-order valence-corrected chi connectivity index (χ4v) is 1.11. The molecule has 0 aromatic carbocycles. The van der Waals surface area contributed by atoms with E-state index in [0.29, 0.717) is 0 Å². The predicted octanol–water partition coefficient (Wildman–Crippen LogP) is -1.83. The van der Waals surface area contributed by atoms with Gasteiger partial charge in [-0.05, 0) is 0 Å². The van der Waals surface area contributed by atoms with Crippen molar-refractivity contribution < 1.29 is 0 Å². The summed E-state index contributed by atoms with van der Waals surface area (Å²) in [6.07, 6.45) is 0. The lowest BCUT2D eigenvalue weighted by molar-refractivity contribution is 1.07. The van der Waals surface area contributed by atoms with E-state index in [0.717, 1.165) is 0 Å². The first-order valence-electron chi connectivity index (χ1n) is 3.63. The number of nitrogen functional groups attached to an aromatic ring is 2. The number of aromatic amines is 2. The molecule has 0 spiro atoms. The third kappa shape index (κ3) is 1.09. The van der Waals surface area contributed by atoms with Crippen LogP contribution in [0, 0.1) is 0 Å². The Bertz CT molecular complexity index is 556. The van der Waals surface area contributed by atoms with Gasteiger partial charge < -0.3 is 21.4 Å². The molecule has 0 aliphatic heterocycles. The van der Waals surface area contributed by atoms with E-state index in [9.17, 15) is 9.59 Å². The Kier molecular flexibility index (Phi) is 1.50. The molecule has 72 valence electrons. The second-order valence-electron chi connectivity index (χ2n) is 2.60. The highest BCUT2D eigenvalue weighted by molar-refractivity contribution is 5.89. The largest absolute Gasteiger partial charge is 0.382 e. The highest BCUT2D eigenvalue weighted by atomic mass is 16.1. The minimum absolute atomic E-state index is 0.0880. The second kappa shape index (κ2) is 2.55. The van der Waals surface area contributed by atoms with Crippen LogP contribution in [-0.2, 0) is 0 Å². The summed E-state index contributed by atoms with van der Waals surface area (Å²) in [5.74, 6) is -0.176. The molecule has 0 radical (unpaired) electrons. The molecule has 0 saturated heterocycles. The summed E-state index contributed by atoms with van der Waals surface area (Å²) in [7, 11) is 0. The Morgan fingerprint density at radius 3 is 1.57 bits per heavy atom. The lowest BCUT2D eigenvalue weighted by Crippen LogP contribution is -2.19. The van der Waals surface area contributed by atoms with Crippen molar-refractivity contribution >= 4 is 22.7 Å². The third-order valence-electron chi connectivity index (χ3n) is 1.67. The number of nitrogens with one attached hydrogen (secondary N) is 2. The maximum absolute atomic E-state index is 10.9. The van der Waals surface area contributed by atoms with Crippen LogP contribution >= 0.6 is 0 Å². The van der Waals surface area contributed by atoms with E-state index in [4.69, 9.17) is 11.5 Å². The van der Waals surface area contributed by atoms with E-state index in [1.165, 1.54) is 0 Å². The van der Waals surface area contributed by atoms with Gasteiger partial charge in [0.25, 0.3) is 0 Å². The van der Waals surface area contributed by atoms with Crippen LogP contribution in [0.4, 0.5) is 11.6 Å². The van der Waals surface area contributed by atoms with Crippen molar-refractivity contribution in [3.8, 4) is 0 Å². The normalized spacial score (nSPS) is 10.6. The summed E-state index contributed by atoms with van der Waals surface area (Å²) in [5.41, 5.74) is 9.90. The number of H-pyrrole nitrogens is 2. The predicted molar refractivity (Wildman–Crippen MR) is 49.6 cm³/mol. The van der Waals surface area contributed by atoms with Crippen LogP contribution in [0.3, 0.4) is 0 Å². The summed E-state index contributed by atoms with van der Waals surface area (Å²) in [5, 5.41) is 0. The minimum atomic E-state index is -0.643. The molecule has 0 aliphatic carbocycles. The Labute approximate surface area is 76.0 Å². The molecule has 2 aromatic rings. The Morgan fingerprint density at radius 1 is 0.857 bits per heavy atom. The zero-order valence-electron chi connectivity index (χ0n) is 6.87. The molecule has 2 heterocycles. The van der Waals surface area contributed by atoms with Crippen LogP contribution in [0.15, 0.2) is 9.59 Å². The second-order valence-corrected chi connectivity index (χ2v) is 2.60. The maximum Gasteiger partial charge on any atom is 0.347 e. The topological polar surface area (TPSA) is 144 Å². The lowest BCUT2D eigenvalue weighted by Gasteiger charge is -2.00. The molecular weight excluding hydrogens is 188 g/mol. The number of nitrogens with zero attached hydrogens (tertiary/aromatic N) is 2. The van der Waals surface area contributed by atoms with Gasteiger partial charge in [-0.15, -0.1) is 0 Å². The van der Waals surface area contributed by atoms with Crippen molar-refractivity contribution in [2.75, 3.05) is 11.5 Å². The van der Waals surface area contributed by atoms with Gasteiger partial charge in [0.1, 0.15) is 11.0 Å². The van der Waals surface area contributed by atoms with Crippen molar-refractivity contribution in [3.05, 3.63) is 21.0 Å². The quantitative estimate of drug-likeness (QED) is 0.388. The average molecular weight is 194 g/mol. The monoisotopic (exact) mass is 194 g/mol. The number of rotatable bonds is 0. The fourth-order valence-electron chi connectivity index (χ4n) is 1.11. The molecule has 0 amide bonds. The van der Waals surface area contributed by atoms with Crippen LogP contribution in [-0.4, -0.2) is 19.9 Å². The highest BCUT2D eigenvalue weighted by Gasteiger charge is 2.06. The van der Waals surface area contributed by atoms with Gasteiger partial charge in [-0.2, -0.15) is 9.97 Å². The van der Waals surface area contributed by atoms with Crippen molar-refractivity contribution in [1.82, 2.24) is 19.9 Å². The minimum Gasteiger partial charge on any atom is -0.382 e. The molecule has 0 fully saturated rings. The highest BCUT2D eigenvalue weighted by Crippen LogP contribution is 2.13. The summed E-state index contributed by atoms with van der Waals surface area (Å²) in [4.78, 5) is 33.3. The Hall–Kier alpha value is -2.38. The first-order chi connectivity index (χ1) is 6.58. The number of fused-ring (bicyclic) bond motifs is 1. The van der Waals surface area contributed by atoms with Gasteiger partial charge in [0.05, 0.1) is 0 Å². The third-order valence-corrected chi connectivity index (χ3v) is 1.67. The standard InChI is InChI=1S/C6H6N6O2/c7-3-1-2(10-6(14)11-3)4(8)12-5(13)9-1/h(H3,8,9,12,13)(H3,7,10,11,14). The summed E-state index contributed by atoms with van der Waals surface area (Å²) < 4.78 is 0. The first kappa shape index (κ1) is 8.23. The van der Waals surface area contributed by atoms with Gasteiger partial charge >= 0.3 is 11.4 Å². The number of hydrogen-bond donors (Lipinski definition) is 4. The zero-order chi connectivity index (χ0) is 10.3. The van der Waals surface area contributed by atoms with Gasteiger partial charge in [-0.25, -0.2) is 9.59 Å². The molecule has 8 heteroatoms. The van der Waals surface area contributed by atoms with Crippen LogP contribution in [0.25, 0.3) is 11.0 Å². The number of anilines is 2. The van der Waals surface area contributed by atoms with Crippen LogP contribution in [0.1, 0.15) is 0 Å². The van der Waals surface area contributed by atoms with Crippen molar-refractivity contribution in [1.29, 1.82) is 0 Å². The van der Waals surface area contributed by atoms with E-state index >= 15 is 0 Å². The summed E-state index contributed by atoms with van der Waals surface area (Å²) in [6.45, 7) is 0. The molecule has 0 aliphatic rings. The molecule has 2 rings (SSSR count). The molecule has 14 heavy (non-hydrogen) atoms. The maximum atomic E-state index is 10.9. The molecule has 0 saturated carbocycles. The lowest BCUT2D eigenvalue weighted by atomic mass is 10.4. The summed E-state index contributed by atoms with van der Waals surface area (Å²) in [6, 6.07) is 0. The van der Waals surface area contributed by atoms with E-state index in [1.54, 1.807) is 0 Å². The van der Waals surface area contributed by atoms with Crippen LogP contribution in [0.5, 0.6) is 0 Å². The van der Waals surface area contributed by atoms with Gasteiger partial charge in [0, 0.05) is 0 Å². The number of nitrogens with two attached hydrogens (primary N) is 2. The van der Waals surface area contributed by atoms with Crippen molar-refractivity contribution in [2.24, 2.45) is 0 Å². The van der Waals surface area contributed by atoms with Gasteiger partial charge in [-0.1, -0.05) is 0 Å². The molecule has 0 atom stereocenters. The molecule has 2 aromatic heterocycles. The summed E-state index contributed by atoms with van der Waals surface area (Å²) >= 11 is 0. The van der Waals surface area contributed by atoms with Gasteiger partial charge in [0.15, 0.2) is 11.6 Å². The number of hydrogen-bond acceptors (Lipinski definition) is 6. The SMILES string of the molecule is Nc1nc(=O)[nH]c2c(N)nc(=O)[nH]c12. The smallest absolute Gasteiger partial charge is 0.347 e. The molecule has 8 nitrogen and oxygen atoms in total. The van der Waals surface area contributed by atoms with E-state index < -0.39 is 11.4 Å².